The van der Waals surface area contributed by atoms with Crippen LogP contribution in [0.2, 0.25) is 0 Å². The molecule has 1 saturated heterocycles. The van der Waals surface area contributed by atoms with E-state index in [1.807, 2.05) is 11.0 Å². The first-order chi connectivity index (χ1) is 12.6. The highest BCUT2D eigenvalue weighted by Crippen LogP contribution is 2.33. The van der Waals surface area contributed by atoms with Crippen molar-refractivity contribution in [1.82, 2.24) is 25.2 Å². The Morgan fingerprint density at radius 3 is 3.04 bits per heavy atom. The van der Waals surface area contributed by atoms with Crippen LogP contribution in [-0.2, 0) is 24.3 Å². The van der Waals surface area contributed by atoms with Crippen molar-refractivity contribution in [3.8, 4) is 0 Å². The van der Waals surface area contributed by atoms with Crippen molar-refractivity contribution in [3.05, 3.63) is 35.0 Å². The summed E-state index contributed by atoms with van der Waals surface area (Å²) in [5, 5.41) is 12.2. The molecule has 26 heavy (non-hydrogen) atoms. The van der Waals surface area contributed by atoms with Gasteiger partial charge in [0, 0.05) is 44.5 Å². The van der Waals surface area contributed by atoms with Gasteiger partial charge in [0.05, 0.1) is 24.0 Å². The summed E-state index contributed by atoms with van der Waals surface area (Å²) < 4.78 is 7.49. The van der Waals surface area contributed by atoms with Gasteiger partial charge in [-0.05, 0) is 18.9 Å². The summed E-state index contributed by atoms with van der Waals surface area (Å²) in [6, 6.07) is 4.18. The van der Waals surface area contributed by atoms with Gasteiger partial charge in [-0.3, -0.25) is 9.48 Å². The van der Waals surface area contributed by atoms with Gasteiger partial charge >= 0.3 is 0 Å². The fraction of sp³-hybridized carbons (Fsp3) is 0.632. The van der Waals surface area contributed by atoms with E-state index in [0.29, 0.717) is 18.8 Å². The molecule has 0 saturated carbocycles. The fourth-order valence-corrected chi connectivity index (χ4v) is 3.86. The second kappa shape index (κ2) is 7.23. The number of aryl methyl sites for hydroxylation is 1. The predicted octanol–water partition coefficient (Wildman–Crippen LogP) is 2.39. The maximum absolute atomic E-state index is 12.8. The van der Waals surface area contributed by atoms with E-state index in [4.69, 9.17) is 4.52 Å². The number of carbonyl (C=O) groups is 1. The van der Waals surface area contributed by atoms with Crippen LogP contribution in [0.25, 0.3) is 0 Å². The highest BCUT2D eigenvalue weighted by atomic mass is 16.5. The monoisotopic (exact) mass is 357 g/mol. The molecular formula is C19H27N5O2. The number of nitrogens with one attached hydrogen (secondary N) is 1. The van der Waals surface area contributed by atoms with Crippen molar-refractivity contribution in [2.75, 3.05) is 13.1 Å². The minimum Gasteiger partial charge on any atom is -0.361 e. The lowest BCUT2D eigenvalue weighted by Gasteiger charge is -2.22. The molecule has 7 nitrogen and oxygen atoms in total. The third-order valence-corrected chi connectivity index (χ3v) is 5.35. The summed E-state index contributed by atoms with van der Waals surface area (Å²) in [4.78, 5) is 14.8. The fourth-order valence-electron chi connectivity index (χ4n) is 3.86. The second-order valence-corrected chi connectivity index (χ2v) is 7.58. The Kier molecular flexibility index (Phi) is 4.80. The van der Waals surface area contributed by atoms with Gasteiger partial charge in [0.25, 0.3) is 0 Å². The Morgan fingerprint density at radius 1 is 1.38 bits per heavy atom. The van der Waals surface area contributed by atoms with E-state index in [-0.39, 0.29) is 11.9 Å². The molecule has 1 fully saturated rings. The van der Waals surface area contributed by atoms with Gasteiger partial charge in [-0.25, -0.2) is 0 Å². The molecule has 2 aromatic heterocycles. The first-order valence-electron chi connectivity index (χ1n) is 9.64. The number of hydrogen-bond donors (Lipinski definition) is 1. The minimum atomic E-state index is 0.0538. The molecule has 2 aliphatic heterocycles. The molecular weight excluding hydrogens is 330 g/mol. The lowest BCUT2D eigenvalue weighted by molar-refractivity contribution is -0.132. The smallest absolute Gasteiger partial charge is 0.223 e. The van der Waals surface area contributed by atoms with Gasteiger partial charge in [-0.2, -0.15) is 5.10 Å². The van der Waals surface area contributed by atoms with Crippen LogP contribution in [0.3, 0.4) is 0 Å². The number of likely N-dealkylation sites (tertiary alicyclic amines) is 1. The Labute approximate surface area is 153 Å². The van der Waals surface area contributed by atoms with Crippen molar-refractivity contribution < 1.29 is 9.32 Å². The molecule has 0 aliphatic carbocycles. The number of fused-ring (bicyclic) bond motifs is 1. The summed E-state index contributed by atoms with van der Waals surface area (Å²) in [5.41, 5.74) is 3.11. The number of hydrogen-bond acceptors (Lipinski definition) is 5. The van der Waals surface area contributed by atoms with Crippen LogP contribution in [0, 0.1) is 0 Å². The number of nitrogens with zero attached hydrogens (tertiary/aromatic N) is 4. The molecule has 0 radical (unpaired) electrons. The van der Waals surface area contributed by atoms with E-state index >= 15 is 0 Å². The first kappa shape index (κ1) is 17.3. The van der Waals surface area contributed by atoms with Crippen molar-refractivity contribution in [2.24, 2.45) is 0 Å². The van der Waals surface area contributed by atoms with Crippen LogP contribution in [0.4, 0.5) is 0 Å². The van der Waals surface area contributed by atoms with Crippen molar-refractivity contribution in [2.45, 2.75) is 64.6 Å². The highest BCUT2D eigenvalue weighted by Gasteiger charge is 2.32. The molecule has 4 heterocycles. The Balaban J connectivity index is 1.39. The summed E-state index contributed by atoms with van der Waals surface area (Å²) in [5.74, 6) is 1.38. The standard InChI is InChI=1S/C19H27N5O2/c1-13(2)18-11-16(22-26-18)17-4-3-8-23(17)19(25)6-5-14-10-15-12-20-7-9-24(15)21-14/h10-11,13,17,20H,3-9,12H2,1-2H3/t17-/m0/s1. The van der Waals surface area contributed by atoms with Gasteiger partial charge in [-0.15, -0.1) is 0 Å². The zero-order chi connectivity index (χ0) is 18.1. The maximum atomic E-state index is 12.8. The van der Waals surface area contributed by atoms with Crippen LogP contribution in [0.5, 0.6) is 0 Å². The van der Waals surface area contributed by atoms with Crippen molar-refractivity contribution >= 4 is 5.91 Å². The molecule has 2 aliphatic rings. The minimum absolute atomic E-state index is 0.0538. The third kappa shape index (κ3) is 3.40. The highest BCUT2D eigenvalue weighted by molar-refractivity contribution is 5.77. The lowest BCUT2D eigenvalue weighted by Crippen LogP contribution is -2.31. The zero-order valence-corrected chi connectivity index (χ0v) is 15.6. The van der Waals surface area contributed by atoms with Gasteiger partial charge < -0.3 is 14.7 Å². The molecule has 1 N–H and O–H groups in total. The van der Waals surface area contributed by atoms with Crippen molar-refractivity contribution in [3.63, 3.8) is 0 Å². The van der Waals surface area contributed by atoms with E-state index in [1.165, 1.54) is 5.69 Å². The van der Waals surface area contributed by atoms with Crippen LogP contribution < -0.4 is 5.32 Å². The molecule has 0 aromatic carbocycles. The number of aromatic nitrogens is 3. The van der Waals surface area contributed by atoms with Gasteiger partial charge in [0.15, 0.2) is 0 Å². The van der Waals surface area contributed by atoms with Gasteiger partial charge in [-0.1, -0.05) is 19.0 Å². The molecule has 2 aromatic rings. The summed E-state index contributed by atoms with van der Waals surface area (Å²) >= 11 is 0. The van der Waals surface area contributed by atoms with Gasteiger partial charge in [0.1, 0.15) is 11.5 Å². The van der Waals surface area contributed by atoms with Crippen LogP contribution in [0.15, 0.2) is 16.7 Å². The number of amides is 1. The third-order valence-electron chi connectivity index (χ3n) is 5.35. The van der Waals surface area contributed by atoms with E-state index in [1.54, 1.807) is 0 Å². The molecule has 7 heteroatoms. The van der Waals surface area contributed by atoms with Gasteiger partial charge in [0.2, 0.25) is 5.91 Å². The molecule has 4 rings (SSSR count). The summed E-state index contributed by atoms with van der Waals surface area (Å²) in [7, 11) is 0. The van der Waals surface area contributed by atoms with E-state index in [9.17, 15) is 4.79 Å². The normalized spacial score (nSPS) is 20.0. The van der Waals surface area contributed by atoms with Crippen molar-refractivity contribution in [1.29, 1.82) is 0 Å². The van der Waals surface area contributed by atoms with Crippen LogP contribution in [0.1, 0.15) is 67.9 Å². The summed E-state index contributed by atoms with van der Waals surface area (Å²) in [6.45, 7) is 7.70. The Morgan fingerprint density at radius 2 is 2.27 bits per heavy atom. The topological polar surface area (TPSA) is 76.2 Å². The Hall–Kier alpha value is -2.15. The summed E-state index contributed by atoms with van der Waals surface area (Å²) in [6.07, 6.45) is 3.17. The second-order valence-electron chi connectivity index (χ2n) is 7.58. The van der Waals surface area contributed by atoms with Crippen LogP contribution >= 0.6 is 0 Å². The largest absolute Gasteiger partial charge is 0.361 e. The molecule has 0 spiro atoms. The predicted molar refractivity (Wildman–Crippen MR) is 96.5 cm³/mol. The van der Waals surface area contributed by atoms with E-state index in [2.05, 4.69) is 40.2 Å². The SMILES string of the molecule is CC(C)c1cc([C@@H]2CCCN2C(=O)CCc2cc3n(n2)CCNC3)no1. The number of carbonyl (C=O) groups excluding carboxylic acids is 1. The average Bonchev–Trinajstić information content (AvgIpc) is 3.37. The molecule has 1 atom stereocenters. The maximum Gasteiger partial charge on any atom is 0.223 e. The Bertz CT molecular complexity index is 755. The molecule has 140 valence electrons. The average molecular weight is 357 g/mol. The molecule has 1 amide bonds. The lowest BCUT2D eigenvalue weighted by atomic mass is 10.1. The molecule has 0 unspecified atom stereocenters. The zero-order valence-electron chi connectivity index (χ0n) is 15.6. The van der Waals surface area contributed by atoms with E-state index < -0.39 is 0 Å². The molecule has 0 bridgehead atoms. The quantitative estimate of drug-likeness (QED) is 0.889. The first-order valence-corrected chi connectivity index (χ1v) is 9.64. The van der Waals surface area contributed by atoms with Crippen LogP contribution in [-0.4, -0.2) is 38.8 Å². The number of rotatable bonds is 5. The van der Waals surface area contributed by atoms with E-state index in [0.717, 1.165) is 56.2 Å².